The fraction of sp³-hybridized carbons (Fsp3) is 0.812. The van der Waals surface area contributed by atoms with Gasteiger partial charge in [0.05, 0.1) is 0 Å². The first-order valence-corrected chi connectivity index (χ1v) is 8.11. The quantitative estimate of drug-likeness (QED) is 0.222. The van der Waals surface area contributed by atoms with Gasteiger partial charge in [-0.05, 0) is 39.4 Å². The Kier molecular flexibility index (Phi) is 12.9. The fourth-order valence-electron chi connectivity index (χ4n) is 2.61. The molecule has 0 bridgehead atoms. The highest BCUT2D eigenvalue weighted by atomic mass is 127. The van der Waals surface area contributed by atoms with Crippen molar-refractivity contribution in [1.82, 2.24) is 20.0 Å². The Morgan fingerprint density at radius 2 is 2.09 bits per heavy atom. The highest BCUT2D eigenvalue weighted by Crippen LogP contribution is 2.00. The van der Waals surface area contributed by atoms with Crippen molar-refractivity contribution in [2.24, 2.45) is 4.99 Å². The lowest BCUT2D eigenvalue weighted by molar-refractivity contribution is 0.279. The van der Waals surface area contributed by atoms with Crippen molar-refractivity contribution in [1.29, 1.82) is 0 Å². The summed E-state index contributed by atoms with van der Waals surface area (Å²) in [4.78, 5) is 11.5. The van der Waals surface area contributed by atoms with Crippen molar-refractivity contribution in [2.45, 2.75) is 19.3 Å². The summed E-state index contributed by atoms with van der Waals surface area (Å²) in [6.07, 6.45) is 5.43. The molecule has 0 aromatic carbocycles. The third-order valence-electron chi connectivity index (χ3n) is 4.00. The van der Waals surface area contributed by atoms with Gasteiger partial charge >= 0.3 is 0 Å². The van der Waals surface area contributed by atoms with Crippen LogP contribution in [0.4, 0.5) is 0 Å². The van der Waals surface area contributed by atoms with Crippen LogP contribution < -0.4 is 5.32 Å². The summed E-state index contributed by atoms with van der Waals surface area (Å²) in [6.45, 7) is 11.6. The van der Waals surface area contributed by atoms with Gasteiger partial charge < -0.3 is 20.0 Å². The van der Waals surface area contributed by atoms with E-state index in [1.54, 1.807) is 0 Å². The second-order valence-electron chi connectivity index (χ2n) is 5.82. The van der Waals surface area contributed by atoms with Gasteiger partial charge in [0.15, 0.2) is 5.96 Å². The van der Waals surface area contributed by atoms with Gasteiger partial charge in [-0.25, -0.2) is 0 Å². The second kappa shape index (κ2) is 13.1. The topological polar surface area (TPSA) is 34.1 Å². The number of aliphatic imine (C=N–C) groups is 1. The van der Waals surface area contributed by atoms with Gasteiger partial charge in [-0.1, -0.05) is 6.08 Å². The molecule has 1 aliphatic heterocycles. The average Bonchev–Trinajstić information content (AvgIpc) is 2.68. The molecule has 1 N–H and O–H groups in total. The Morgan fingerprint density at radius 1 is 1.32 bits per heavy atom. The van der Waals surface area contributed by atoms with Gasteiger partial charge in [0, 0.05) is 46.8 Å². The number of guanidine groups is 1. The predicted molar refractivity (Wildman–Crippen MR) is 107 cm³/mol. The molecule has 0 radical (unpaired) electrons. The highest BCUT2D eigenvalue weighted by molar-refractivity contribution is 14.0. The number of unbranched alkanes of at least 4 members (excludes halogenated alkanes) is 1. The Labute approximate surface area is 153 Å². The van der Waals surface area contributed by atoms with Crippen molar-refractivity contribution in [3.05, 3.63) is 12.7 Å². The van der Waals surface area contributed by atoms with Crippen LogP contribution >= 0.6 is 24.0 Å². The van der Waals surface area contributed by atoms with E-state index in [0.29, 0.717) is 0 Å². The van der Waals surface area contributed by atoms with E-state index in [-0.39, 0.29) is 24.0 Å². The average molecular weight is 423 g/mol. The first kappa shape index (κ1) is 21.7. The van der Waals surface area contributed by atoms with Crippen molar-refractivity contribution >= 4 is 29.9 Å². The molecule has 1 aliphatic rings. The van der Waals surface area contributed by atoms with E-state index >= 15 is 0 Å². The first-order chi connectivity index (χ1) is 10.2. The van der Waals surface area contributed by atoms with E-state index in [9.17, 15) is 0 Å². The molecule has 0 spiro atoms. The Hall–Kier alpha value is -0.340. The molecular formula is C16H34IN5. The first-order valence-electron chi connectivity index (χ1n) is 8.11. The van der Waals surface area contributed by atoms with Crippen molar-refractivity contribution in [3.8, 4) is 0 Å². The van der Waals surface area contributed by atoms with E-state index in [2.05, 4.69) is 45.7 Å². The molecular weight excluding hydrogens is 389 g/mol. The molecule has 22 heavy (non-hydrogen) atoms. The molecule has 6 heteroatoms. The zero-order chi connectivity index (χ0) is 15.5. The fourth-order valence-corrected chi connectivity index (χ4v) is 2.61. The summed E-state index contributed by atoms with van der Waals surface area (Å²) in [5.74, 6) is 0.992. The van der Waals surface area contributed by atoms with Crippen LogP contribution in [0.5, 0.6) is 0 Å². The smallest absolute Gasteiger partial charge is 0.193 e. The van der Waals surface area contributed by atoms with Gasteiger partial charge in [0.25, 0.3) is 0 Å². The molecule has 130 valence electrons. The lowest BCUT2D eigenvalue weighted by Gasteiger charge is -2.24. The molecule has 5 nitrogen and oxygen atoms in total. The minimum Gasteiger partial charge on any atom is -0.355 e. The van der Waals surface area contributed by atoms with Crippen LogP contribution in [0, 0.1) is 0 Å². The molecule has 1 saturated heterocycles. The predicted octanol–water partition coefficient (Wildman–Crippen LogP) is 1.72. The molecule has 0 unspecified atom stereocenters. The molecule has 0 aromatic heterocycles. The third-order valence-corrected chi connectivity index (χ3v) is 4.00. The van der Waals surface area contributed by atoms with Crippen LogP contribution in [0.1, 0.15) is 19.3 Å². The van der Waals surface area contributed by atoms with Gasteiger partial charge in [-0.3, -0.25) is 4.99 Å². The number of nitrogens with zero attached hydrogens (tertiary/aromatic N) is 4. The summed E-state index contributed by atoms with van der Waals surface area (Å²) in [6, 6.07) is 0. The third kappa shape index (κ3) is 8.95. The lowest BCUT2D eigenvalue weighted by atomic mass is 10.3. The Morgan fingerprint density at radius 3 is 2.77 bits per heavy atom. The molecule has 0 aliphatic carbocycles. The van der Waals surface area contributed by atoms with Gasteiger partial charge in [0.1, 0.15) is 0 Å². The molecule has 0 atom stereocenters. The van der Waals surface area contributed by atoms with Gasteiger partial charge in [-0.15, -0.1) is 30.6 Å². The maximum absolute atomic E-state index is 4.36. The lowest BCUT2D eigenvalue weighted by Crippen LogP contribution is -2.43. The number of likely N-dealkylation sites (N-methyl/N-ethyl adjacent to an activating group) is 1. The SMILES string of the molecule is C=CCCCN(C)C(=NC)NCCN1CCCN(C)CC1.I. The highest BCUT2D eigenvalue weighted by Gasteiger charge is 2.12. The molecule has 0 aromatic rings. The van der Waals surface area contributed by atoms with E-state index in [4.69, 9.17) is 0 Å². The standard InChI is InChI=1S/C16H33N5.HI/c1-5-6-7-11-20(4)16(17-2)18-9-13-21-12-8-10-19(3)14-15-21;/h5H,1,6-15H2,2-4H3,(H,17,18);1H. The van der Waals surface area contributed by atoms with E-state index in [1.165, 1.54) is 32.6 Å². The second-order valence-corrected chi connectivity index (χ2v) is 5.82. The minimum absolute atomic E-state index is 0. The van der Waals surface area contributed by atoms with Crippen LogP contribution in [-0.2, 0) is 0 Å². The number of rotatable bonds is 7. The van der Waals surface area contributed by atoms with Crippen molar-refractivity contribution in [2.75, 3.05) is 67.0 Å². The Bertz CT molecular complexity index is 322. The summed E-state index contributed by atoms with van der Waals surface area (Å²) in [5.41, 5.74) is 0. The van der Waals surface area contributed by atoms with Crippen LogP contribution in [0.25, 0.3) is 0 Å². The number of halogens is 1. The summed E-state index contributed by atoms with van der Waals surface area (Å²) >= 11 is 0. The summed E-state index contributed by atoms with van der Waals surface area (Å²) in [7, 11) is 6.16. The molecule has 0 amide bonds. The van der Waals surface area contributed by atoms with E-state index < -0.39 is 0 Å². The molecule has 1 fully saturated rings. The summed E-state index contributed by atoms with van der Waals surface area (Å²) < 4.78 is 0. The van der Waals surface area contributed by atoms with Crippen molar-refractivity contribution < 1.29 is 0 Å². The minimum atomic E-state index is 0. The summed E-state index contributed by atoms with van der Waals surface area (Å²) in [5, 5.41) is 3.47. The Balaban J connectivity index is 0.00000441. The zero-order valence-corrected chi connectivity index (χ0v) is 16.9. The molecule has 1 heterocycles. The van der Waals surface area contributed by atoms with Crippen LogP contribution in [0.3, 0.4) is 0 Å². The zero-order valence-electron chi connectivity index (χ0n) is 14.6. The van der Waals surface area contributed by atoms with Crippen LogP contribution in [-0.4, -0.2) is 87.6 Å². The number of allylic oxidation sites excluding steroid dienone is 1. The number of nitrogens with one attached hydrogen (secondary N) is 1. The monoisotopic (exact) mass is 423 g/mol. The maximum Gasteiger partial charge on any atom is 0.193 e. The number of hydrogen-bond donors (Lipinski definition) is 1. The van der Waals surface area contributed by atoms with E-state index in [1.807, 2.05) is 13.1 Å². The van der Waals surface area contributed by atoms with Crippen molar-refractivity contribution in [3.63, 3.8) is 0 Å². The number of hydrogen-bond acceptors (Lipinski definition) is 3. The maximum atomic E-state index is 4.36. The van der Waals surface area contributed by atoms with Crippen LogP contribution in [0.15, 0.2) is 17.6 Å². The van der Waals surface area contributed by atoms with Gasteiger partial charge in [0.2, 0.25) is 0 Å². The largest absolute Gasteiger partial charge is 0.355 e. The van der Waals surface area contributed by atoms with Crippen LogP contribution in [0.2, 0.25) is 0 Å². The molecule has 1 rings (SSSR count). The molecule has 0 saturated carbocycles. The van der Waals surface area contributed by atoms with Gasteiger partial charge in [-0.2, -0.15) is 0 Å². The normalized spacial score (nSPS) is 17.5. The van der Waals surface area contributed by atoms with E-state index in [0.717, 1.165) is 38.4 Å².